The summed E-state index contributed by atoms with van der Waals surface area (Å²) >= 11 is 0. The van der Waals surface area contributed by atoms with Crippen LogP contribution in [0, 0.1) is 6.92 Å². The van der Waals surface area contributed by atoms with Gasteiger partial charge in [0.15, 0.2) is 0 Å². The molecule has 0 bridgehead atoms. The summed E-state index contributed by atoms with van der Waals surface area (Å²) in [6.45, 7) is 6.16. The molecule has 0 fully saturated rings. The number of pyridine rings is 1. The Labute approximate surface area is 149 Å². The number of carbonyl (C=O) groups is 1. The van der Waals surface area contributed by atoms with Gasteiger partial charge in [-0.25, -0.2) is 4.79 Å². The Bertz CT molecular complexity index is 718. The van der Waals surface area contributed by atoms with Crippen LogP contribution in [0.3, 0.4) is 0 Å². The van der Waals surface area contributed by atoms with Crippen molar-refractivity contribution in [2.24, 2.45) is 0 Å². The summed E-state index contributed by atoms with van der Waals surface area (Å²) in [6.07, 6.45) is 3.42. The standard InChI is InChI=1S/C19H24N2O2.ClH/c1-3-4-13-23-19(22)21-11-9-16-14(2)15-7-5-6-8-17(15)20-18(16)10-12-21;/h5-8H,3-4,9-13H2,1-2H3;1H. The minimum absolute atomic E-state index is 0. The minimum atomic E-state index is -0.187. The maximum absolute atomic E-state index is 12.2. The zero-order valence-corrected chi connectivity index (χ0v) is 15.2. The molecule has 0 saturated heterocycles. The van der Waals surface area contributed by atoms with E-state index in [9.17, 15) is 4.79 Å². The molecule has 0 N–H and O–H groups in total. The van der Waals surface area contributed by atoms with E-state index in [1.165, 1.54) is 16.5 Å². The summed E-state index contributed by atoms with van der Waals surface area (Å²) in [6, 6.07) is 8.26. The second-order valence-corrected chi connectivity index (χ2v) is 6.13. The maximum atomic E-state index is 12.2. The van der Waals surface area contributed by atoms with Crippen molar-refractivity contribution in [1.29, 1.82) is 0 Å². The second-order valence-electron chi connectivity index (χ2n) is 6.13. The molecule has 5 heteroatoms. The predicted molar refractivity (Wildman–Crippen MR) is 99.0 cm³/mol. The summed E-state index contributed by atoms with van der Waals surface area (Å²) in [4.78, 5) is 18.8. The predicted octanol–water partition coefficient (Wildman–Crippen LogP) is 4.30. The van der Waals surface area contributed by atoms with Crippen LogP contribution < -0.4 is 0 Å². The number of carbonyl (C=O) groups excluding carboxylic acids is 1. The van der Waals surface area contributed by atoms with Crippen LogP contribution in [0.1, 0.15) is 36.6 Å². The molecule has 0 spiro atoms. The number of amides is 1. The van der Waals surface area contributed by atoms with Gasteiger partial charge in [0.25, 0.3) is 0 Å². The van der Waals surface area contributed by atoms with E-state index < -0.39 is 0 Å². The lowest BCUT2D eigenvalue weighted by Gasteiger charge is -2.19. The van der Waals surface area contributed by atoms with E-state index >= 15 is 0 Å². The van der Waals surface area contributed by atoms with Crippen LogP contribution in [0.25, 0.3) is 10.9 Å². The molecule has 1 aliphatic rings. The highest BCUT2D eigenvalue weighted by Gasteiger charge is 2.22. The van der Waals surface area contributed by atoms with Crippen molar-refractivity contribution in [3.63, 3.8) is 0 Å². The van der Waals surface area contributed by atoms with Crippen molar-refractivity contribution in [3.05, 3.63) is 41.1 Å². The van der Waals surface area contributed by atoms with Gasteiger partial charge in [0, 0.05) is 30.6 Å². The van der Waals surface area contributed by atoms with Crippen molar-refractivity contribution < 1.29 is 9.53 Å². The smallest absolute Gasteiger partial charge is 0.409 e. The number of aryl methyl sites for hydroxylation is 1. The van der Waals surface area contributed by atoms with E-state index in [-0.39, 0.29) is 18.5 Å². The fourth-order valence-corrected chi connectivity index (χ4v) is 3.20. The first-order chi connectivity index (χ1) is 11.2. The Morgan fingerprint density at radius 1 is 1.25 bits per heavy atom. The van der Waals surface area contributed by atoms with E-state index in [0.29, 0.717) is 19.7 Å². The van der Waals surface area contributed by atoms with Crippen molar-refractivity contribution in [2.45, 2.75) is 39.5 Å². The molecular formula is C19H25ClN2O2. The molecule has 1 aromatic heterocycles. The topological polar surface area (TPSA) is 42.4 Å². The molecular weight excluding hydrogens is 324 g/mol. The van der Waals surface area contributed by atoms with Crippen molar-refractivity contribution >= 4 is 29.4 Å². The molecule has 1 amide bonds. The zero-order valence-electron chi connectivity index (χ0n) is 14.4. The summed E-state index contributed by atoms with van der Waals surface area (Å²) in [7, 11) is 0. The van der Waals surface area contributed by atoms with Crippen molar-refractivity contribution in [1.82, 2.24) is 9.88 Å². The van der Waals surface area contributed by atoms with Gasteiger partial charge >= 0.3 is 6.09 Å². The quantitative estimate of drug-likeness (QED) is 0.776. The fourth-order valence-electron chi connectivity index (χ4n) is 3.20. The SMILES string of the molecule is CCCCOC(=O)N1CCc2nc3ccccc3c(C)c2CC1.Cl. The van der Waals surface area contributed by atoms with Crippen LogP contribution in [0.4, 0.5) is 4.79 Å². The van der Waals surface area contributed by atoms with E-state index in [1.54, 1.807) is 0 Å². The van der Waals surface area contributed by atoms with Gasteiger partial charge < -0.3 is 9.64 Å². The number of hydrogen-bond acceptors (Lipinski definition) is 3. The molecule has 1 aromatic carbocycles. The number of benzene rings is 1. The Kier molecular flexibility index (Phi) is 6.44. The van der Waals surface area contributed by atoms with Crippen LogP contribution in [-0.2, 0) is 17.6 Å². The summed E-state index contributed by atoms with van der Waals surface area (Å²) in [5.74, 6) is 0. The molecule has 130 valence electrons. The molecule has 0 aliphatic carbocycles. The number of halogens is 1. The number of nitrogens with zero attached hydrogens (tertiary/aromatic N) is 2. The van der Waals surface area contributed by atoms with Gasteiger partial charge in [-0.15, -0.1) is 12.4 Å². The highest BCUT2D eigenvalue weighted by atomic mass is 35.5. The molecule has 24 heavy (non-hydrogen) atoms. The monoisotopic (exact) mass is 348 g/mol. The largest absolute Gasteiger partial charge is 0.449 e. The van der Waals surface area contributed by atoms with Gasteiger partial charge in [-0.05, 0) is 37.0 Å². The number of ether oxygens (including phenoxy) is 1. The number of rotatable bonds is 3. The molecule has 0 saturated carbocycles. The number of aromatic nitrogens is 1. The van der Waals surface area contributed by atoms with Crippen LogP contribution in [0.5, 0.6) is 0 Å². The van der Waals surface area contributed by atoms with Gasteiger partial charge in [-0.3, -0.25) is 4.98 Å². The highest BCUT2D eigenvalue weighted by Crippen LogP contribution is 2.25. The molecule has 1 aliphatic heterocycles. The van der Waals surface area contributed by atoms with E-state index in [4.69, 9.17) is 9.72 Å². The first kappa shape index (κ1) is 18.5. The molecule has 0 atom stereocenters. The van der Waals surface area contributed by atoms with Gasteiger partial charge in [0.05, 0.1) is 12.1 Å². The van der Waals surface area contributed by atoms with Gasteiger partial charge in [-0.2, -0.15) is 0 Å². The van der Waals surface area contributed by atoms with Crippen LogP contribution in [0.15, 0.2) is 24.3 Å². The van der Waals surface area contributed by atoms with Gasteiger partial charge in [0.1, 0.15) is 0 Å². The first-order valence-electron chi connectivity index (χ1n) is 8.49. The molecule has 4 nitrogen and oxygen atoms in total. The molecule has 0 unspecified atom stereocenters. The third kappa shape index (κ3) is 3.81. The lowest BCUT2D eigenvalue weighted by Crippen LogP contribution is -2.34. The third-order valence-corrected chi connectivity index (χ3v) is 4.60. The fraction of sp³-hybridized carbons (Fsp3) is 0.474. The second kappa shape index (κ2) is 8.34. The van der Waals surface area contributed by atoms with Gasteiger partial charge in [-0.1, -0.05) is 31.5 Å². The number of fused-ring (bicyclic) bond motifs is 2. The van der Waals surface area contributed by atoms with Gasteiger partial charge in [0.2, 0.25) is 0 Å². The van der Waals surface area contributed by atoms with Crippen LogP contribution in [0.2, 0.25) is 0 Å². The molecule has 2 heterocycles. The summed E-state index contributed by atoms with van der Waals surface area (Å²) < 4.78 is 5.35. The number of unbranched alkanes of at least 4 members (excludes halogenated alkanes) is 1. The normalized spacial score (nSPS) is 13.8. The van der Waals surface area contributed by atoms with Crippen LogP contribution in [-0.4, -0.2) is 35.7 Å². The Morgan fingerprint density at radius 3 is 2.79 bits per heavy atom. The molecule has 0 radical (unpaired) electrons. The van der Waals surface area contributed by atoms with E-state index in [1.807, 2.05) is 11.0 Å². The Balaban J connectivity index is 0.00000208. The van der Waals surface area contributed by atoms with Crippen molar-refractivity contribution in [3.8, 4) is 0 Å². The summed E-state index contributed by atoms with van der Waals surface area (Å²) in [5.41, 5.74) is 4.77. The lowest BCUT2D eigenvalue weighted by atomic mass is 9.99. The summed E-state index contributed by atoms with van der Waals surface area (Å²) in [5, 5.41) is 1.21. The Hall–Kier alpha value is -1.81. The highest BCUT2D eigenvalue weighted by molar-refractivity contribution is 5.85. The minimum Gasteiger partial charge on any atom is -0.449 e. The van der Waals surface area contributed by atoms with E-state index in [0.717, 1.165) is 36.9 Å². The molecule has 3 rings (SSSR count). The average molecular weight is 349 g/mol. The zero-order chi connectivity index (χ0) is 16.2. The average Bonchev–Trinajstić information content (AvgIpc) is 2.78. The number of para-hydroxylation sites is 1. The van der Waals surface area contributed by atoms with E-state index in [2.05, 4.69) is 32.0 Å². The van der Waals surface area contributed by atoms with Crippen molar-refractivity contribution in [2.75, 3.05) is 19.7 Å². The lowest BCUT2D eigenvalue weighted by molar-refractivity contribution is 0.103. The third-order valence-electron chi connectivity index (χ3n) is 4.60. The first-order valence-corrected chi connectivity index (χ1v) is 8.49. The number of hydrogen-bond donors (Lipinski definition) is 0. The Morgan fingerprint density at radius 2 is 2.00 bits per heavy atom. The molecule has 2 aromatic rings. The van der Waals surface area contributed by atoms with Crippen LogP contribution >= 0.6 is 12.4 Å². The maximum Gasteiger partial charge on any atom is 0.409 e.